The second kappa shape index (κ2) is 7.30. The topological polar surface area (TPSA) is 71.3 Å². The molecule has 30 heavy (non-hydrogen) atoms. The minimum absolute atomic E-state index is 0.0949. The van der Waals surface area contributed by atoms with Gasteiger partial charge in [0.15, 0.2) is 0 Å². The maximum Gasteiger partial charge on any atom is 0.233 e. The van der Waals surface area contributed by atoms with E-state index >= 15 is 0 Å². The minimum Gasteiger partial charge on any atom is -0.464 e. The Balaban J connectivity index is 1.59. The summed E-state index contributed by atoms with van der Waals surface area (Å²) >= 11 is 4.95. The fourth-order valence-electron chi connectivity index (χ4n) is 4.01. The summed E-state index contributed by atoms with van der Waals surface area (Å²) in [5.41, 5.74) is 3.03. The Bertz CT molecular complexity index is 1240. The largest absolute Gasteiger partial charge is 0.464 e. The van der Waals surface area contributed by atoms with E-state index in [1.807, 2.05) is 37.4 Å². The molecular weight excluding hydrogens is 464 g/mol. The van der Waals surface area contributed by atoms with Gasteiger partial charge >= 0.3 is 0 Å². The van der Waals surface area contributed by atoms with Gasteiger partial charge in [0.1, 0.15) is 10.2 Å². The van der Waals surface area contributed by atoms with Gasteiger partial charge < -0.3 is 9.32 Å². The van der Waals surface area contributed by atoms with Crippen LogP contribution in [0.1, 0.15) is 23.3 Å². The fraction of sp³-hybridized carbons (Fsp3) is 0.227. The van der Waals surface area contributed by atoms with Crippen LogP contribution in [0.15, 0.2) is 63.1 Å². The fourth-order valence-corrected chi connectivity index (χ4v) is 5.30. The van der Waals surface area contributed by atoms with Crippen molar-refractivity contribution in [1.82, 2.24) is 20.4 Å². The van der Waals surface area contributed by atoms with E-state index in [1.54, 1.807) is 22.5 Å². The number of aromatic nitrogens is 2. The average Bonchev–Trinajstić information content (AvgIpc) is 3.41. The van der Waals surface area contributed by atoms with E-state index in [1.165, 1.54) is 0 Å². The third-order valence-electron chi connectivity index (χ3n) is 5.73. The molecule has 1 saturated heterocycles. The monoisotopic (exact) mass is 482 g/mol. The zero-order chi connectivity index (χ0) is 20.9. The maximum atomic E-state index is 13.3. The Morgan fingerprint density at radius 2 is 2.10 bits per heavy atom. The number of nitrogens with zero attached hydrogens (tertiary/aromatic N) is 3. The number of carbonyl (C=O) groups excluding carboxylic acids is 1. The van der Waals surface area contributed by atoms with Crippen LogP contribution in [0.3, 0.4) is 0 Å². The molecule has 0 bridgehead atoms. The lowest BCUT2D eigenvalue weighted by Gasteiger charge is -2.44. The number of likely N-dealkylation sites (N-methyl/N-ethyl adjacent to an activating group) is 1. The highest BCUT2D eigenvalue weighted by Crippen LogP contribution is 2.44. The van der Waals surface area contributed by atoms with E-state index in [0.29, 0.717) is 11.3 Å². The summed E-state index contributed by atoms with van der Waals surface area (Å²) in [5.74, 6) is -0.268. The van der Waals surface area contributed by atoms with Crippen molar-refractivity contribution in [1.29, 1.82) is 0 Å². The van der Waals surface area contributed by atoms with Crippen LogP contribution in [0.25, 0.3) is 22.2 Å². The summed E-state index contributed by atoms with van der Waals surface area (Å²) in [6.07, 6.45) is 1.67. The van der Waals surface area contributed by atoms with Crippen molar-refractivity contribution in [2.45, 2.75) is 18.4 Å². The van der Waals surface area contributed by atoms with Gasteiger partial charge in [-0.05, 0) is 64.8 Å². The highest BCUT2D eigenvalue weighted by atomic mass is 79.9. The molecule has 0 aliphatic carbocycles. The molecule has 1 amide bonds. The number of fused-ring (bicyclic) bond motifs is 1. The lowest BCUT2D eigenvalue weighted by Crippen LogP contribution is -2.59. The zero-order valence-corrected chi connectivity index (χ0v) is 18.8. The number of benzene rings is 1. The summed E-state index contributed by atoms with van der Waals surface area (Å²) < 4.78 is 6.18. The van der Waals surface area contributed by atoms with Crippen LogP contribution in [-0.4, -0.2) is 34.7 Å². The number of hydrogen-bond donors (Lipinski definition) is 1. The Hall–Kier alpha value is -2.55. The minimum atomic E-state index is -0.549. The standard InChI is InChI=1S/C22H19BrN4O2S/c1-22(18-10-15(11-30-18)16-4-6-19(23)26-25-16)20(21(28)27(2)12-24-22)14-3-5-17-13(9-14)7-8-29-17/h3-11,20,24H,12H2,1-2H3/t20?,22-/m1/s1. The molecule has 1 fully saturated rings. The molecule has 0 saturated carbocycles. The normalized spacial score (nSPS) is 22.0. The van der Waals surface area contributed by atoms with Crippen molar-refractivity contribution in [3.63, 3.8) is 0 Å². The molecule has 1 aliphatic rings. The van der Waals surface area contributed by atoms with E-state index in [9.17, 15) is 4.79 Å². The van der Waals surface area contributed by atoms with E-state index in [-0.39, 0.29) is 11.8 Å². The molecule has 2 atom stereocenters. The molecule has 1 N–H and O–H groups in total. The van der Waals surface area contributed by atoms with Gasteiger partial charge in [0, 0.05) is 28.3 Å². The Morgan fingerprint density at radius 3 is 2.90 bits per heavy atom. The van der Waals surface area contributed by atoms with Crippen molar-refractivity contribution >= 4 is 44.1 Å². The summed E-state index contributed by atoms with van der Waals surface area (Å²) in [6.45, 7) is 2.59. The number of rotatable bonds is 3. The molecule has 152 valence electrons. The van der Waals surface area contributed by atoms with Crippen molar-refractivity contribution in [3.05, 3.63) is 69.2 Å². The van der Waals surface area contributed by atoms with Gasteiger partial charge in [-0.3, -0.25) is 10.1 Å². The number of halogens is 1. The molecule has 0 radical (unpaired) electrons. The SMILES string of the molecule is CN1CN[C@](C)(c2cc(-c3ccc(Br)nn3)cs2)C(c2ccc3occc3c2)C1=O. The first-order valence-electron chi connectivity index (χ1n) is 9.51. The van der Waals surface area contributed by atoms with Gasteiger partial charge in [0.2, 0.25) is 5.91 Å². The van der Waals surface area contributed by atoms with Crippen LogP contribution in [0, 0.1) is 0 Å². The molecule has 0 spiro atoms. The third-order valence-corrected chi connectivity index (χ3v) is 7.32. The molecule has 3 aromatic heterocycles. The summed E-state index contributed by atoms with van der Waals surface area (Å²) in [5, 5.41) is 15.0. The Morgan fingerprint density at radius 1 is 1.23 bits per heavy atom. The lowest BCUT2D eigenvalue weighted by molar-refractivity contribution is -0.137. The molecular formula is C22H19BrN4O2S. The predicted molar refractivity (Wildman–Crippen MR) is 120 cm³/mol. The molecule has 4 aromatic rings. The second-order valence-corrected chi connectivity index (χ2v) is 9.39. The predicted octanol–water partition coefficient (Wildman–Crippen LogP) is 4.73. The maximum absolute atomic E-state index is 13.3. The third kappa shape index (κ3) is 3.15. The van der Waals surface area contributed by atoms with Crippen LogP contribution >= 0.6 is 27.3 Å². The number of furan rings is 1. The van der Waals surface area contributed by atoms with Gasteiger partial charge in [-0.15, -0.1) is 21.5 Å². The first-order valence-corrected chi connectivity index (χ1v) is 11.2. The van der Waals surface area contributed by atoms with Gasteiger partial charge in [-0.25, -0.2) is 0 Å². The zero-order valence-electron chi connectivity index (χ0n) is 16.4. The molecule has 4 heterocycles. The smallest absolute Gasteiger partial charge is 0.233 e. The Labute approximate surface area is 186 Å². The molecule has 1 unspecified atom stereocenters. The van der Waals surface area contributed by atoms with Crippen molar-refractivity contribution in [2.75, 3.05) is 13.7 Å². The van der Waals surface area contributed by atoms with Crippen molar-refractivity contribution in [2.24, 2.45) is 0 Å². The number of amides is 1. The molecule has 8 heteroatoms. The van der Waals surface area contributed by atoms with E-state index in [0.717, 1.165) is 32.7 Å². The van der Waals surface area contributed by atoms with Crippen LogP contribution in [0.4, 0.5) is 0 Å². The van der Waals surface area contributed by atoms with Crippen molar-refractivity contribution < 1.29 is 9.21 Å². The molecule has 5 rings (SSSR count). The first kappa shape index (κ1) is 19.4. The van der Waals surface area contributed by atoms with E-state index in [4.69, 9.17) is 4.42 Å². The number of nitrogens with one attached hydrogen (secondary N) is 1. The number of thiophene rings is 1. The van der Waals surface area contributed by atoms with Gasteiger partial charge in [0.05, 0.1) is 30.1 Å². The van der Waals surface area contributed by atoms with E-state index in [2.05, 4.69) is 55.9 Å². The Kier molecular flexibility index (Phi) is 4.72. The molecule has 1 aliphatic heterocycles. The molecule has 6 nitrogen and oxygen atoms in total. The second-order valence-electron chi connectivity index (χ2n) is 7.67. The highest BCUT2D eigenvalue weighted by molar-refractivity contribution is 9.10. The van der Waals surface area contributed by atoms with E-state index < -0.39 is 5.54 Å². The van der Waals surface area contributed by atoms with Crippen LogP contribution in [0.5, 0.6) is 0 Å². The highest BCUT2D eigenvalue weighted by Gasteiger charge is 2.47. The summed E-state index contributed by atoms with van der Waals surface area (Å²) in [7, 11) is 1.83. The lowest BCUT2D eigenvalue weighted by atomic mass is 9.76. The van der Waals surface area contributed by atoms with Crippen LogP contribution in [0.2, 0.25) is 0 Å². The summed E-state index contributed by atoms with van der Waals surface area (Å²) in [4.78, 5) is 16.2. The number of carbonyl (C=O) groups is 1. The molecule has 1 aromatic carbocycles. The quantitative estimate of drug-likeness (QED) is 0.456. The van der Waals surface area contributed by atoms with Crippen molar-refractivity contribution in [3.8, 4) is 11.3 Å². The van der Waals surface area contributed by atoms with Gasteiger partial charge in [-0.2, -0.15) is 0 Å². The summed E-state index contributed by atoms with van der Waals surface area (Å²) in [6, 6.07) is 13.8. The average molecular weight is 483 g/mol. The van der Waals surface area contributed by atoms with Gasteiger partial charge in [-0.1, -0.05) is 6.07 Å². The van der Waals surface area contributed by atoms with Crippen LogP contribution in [-0.2, 0) is 10.3 Å². The first-order chi connectivity index (χ1) is 14.5. The number of hydrogen-bond acceptors (Lipinski definition) is 6. The van der Waals surface area contributed by atoms with Crippen LogP contribution < -0.4 is 5.32 Å². The van der Waals surface area contributed by atoms with Gasteiger partial charge in [0.25, 0.3) is 0 Å².